The largest absolute Gasteiger partial charge is 0.355 e. The Morgan fingerprint density at radius 3 is 2.64 bits per heavy atom. The Labute approximate surface area is 200 Å². The number of benzene rings is 2. The first kappa shape index (κ1) is 25.3. The van der Waals surface area contributed by atoms with E-state index < -0.39 is 10.0 Å². The van der Waals surface area contributed by atoms with Crippen molar-refractivity contribution in [3.05, 3.63) is 53.6 Å². The molecular weight excluding hydrogens is 456 g/mol. The molecule has 0 aliphatic heterocycles. The van der Waals surface area contributed by atoms with Gasteiger partial charge in [-0.25, -0.2) is 17.7 Å². The predicted molar refractivity (Wildman–Crippen MR) is 134 cm³/mol. The highest BCUT2D eigenvalue weighted by Crippen LogP contribution is 2.27. The van der Waals surface area contributed by atoms with Crippen molar-refractivity contribution >= 4 is 38.7 Å². The number of carbonyl (C=O) groups excluding carboxylic acids is 1. The molecule has 178 valence electrons. The van der Waals surface area contributed by atoms with E-state index in [0.717, 1.165) is 36.5 Å². The number of nitrogens with one attached hydrogen (secondary N) is 1. The summed E-state index contributed by atoms with van der Waals surface area (Å²) < 4.78 is 28.3. The number of fused-ring (bicyclic) bond motifs is 1. The lowest BCUT2D eigenvalue weighted by Crippen LogP contribution is -2.27. The zero-order chi connectivity index (χ0) is 24.0. The van der Waals surface area contributed by atoms with Gasteiger partial charge in [-0.2, -0.15) is 0 Å². The number of rotatable bonds is 11. The standard InChI is InChI=1S/C24H32N4O3S2/c1-5-6-15-28-22-12-11-20(33(30,31)27(3)4)16-21(22)26-24(28)32-17-23(29)25-14-13-19-10-8-7-9-18(19)2/h7-12,16H,5-6,13-15,17H2,1-4H3,(H,25,29). The molecule has 0 fully saturated rings. The molecule has 0 aliphatic rings. The summed E-state index contributed by atoms with van der Waals surface area (Å²) in [5.41, 5.74) is 3.96. The minimum absolute atomic E-state index is 0.0430. The molecule has 2 aromatic carbocycles. The summed E-state index contributed by atoms with van der Waals surface area (Å²) in [7, 11) is -0.513. The van der Waals surface area contributed by atoms with E-state index in [1.165, 1.54) is 41.3 Å². The Morgan fingerprint density at radius 1 is 1.18 bits per heavy atom. The lowest BCUT2D eigenvalue weighted by Gasteiger charge is -2.11. The van der Waals surface area contributed by atoms with Gasteiger partial charge in [0.2, 0.25) is 15.9 Å². The van der Waals surface area contributed by atoms with Crippen molar-refractivity contribution in [1.82, 2.24) is 19.2 Å². The van der Waals surface area contributed by atoms with Gasteiger partial charge in [0, 0.05) is 27.2 Å². The van der Waals surface area contributed by atoms with Gasteiger partial charge in [-0.3, -0.25) is 4.79 Å². The normalized spacial score (nSPS) is 11.9. The lowest BCUT2D eigenvalue weighted by molar-refractivity contribution is -0.118. The molecule has 0 aliphatic carbocycles. The first-order valence-corrected chi connectivity index (χ1v) is 13.5. The average molecular weight is 489 g/mol. The predicted octanol–water partition coefficient (Wildman–Crippen LogP) is 3.85. The Bertz CT molecular complexity index is 1220. The number of imidazole rings is 1. The molecule has 33 heavy (non-hydrogen) atoms. The van der Waals surface area contributed by atoms with Crippen LogP contribution in [0.3, 0.4) is 0 Å². The summed E-state index contributed by atoms with van der Waals surface area (Å²) in [6.45, 7) is 5.55. The summed E-state index contributed by atoms with van der Waals surface area (Å²) in [4.78, 5) is 17.3. The number of aromatic nitrogens is 2. The molecule has 0 spiro atoms. The summed E-state index contributed by atoms with van der Waals surface area (Å²) in [6, 6.07) is 13.2. The minimum atomic E-state index is -3.54. The van der Waals surface area contributed by atoms with Crippen LogP contribution < -0.4 is 5.32 Å². The highest BCUT2D eigenvalue weighted by molar-refractivity contribution is 7.99. The van der Waals surface area contributed by atoms with Crippen molar-refractivity contribution in [2.45, 2.75) is 49.7 Å². The minimum Gasteiger partial charge on any atom is -0.355 e. The van der Waals surface area contributed by atoms with Crippen LogP contribution in [0, 0.1) is 6.92 Å². The second kappa shape index (κ2) is 11.2. The van der Waals surface area contributed by atoms with Gasteiger partial charge in [-0.15, -0.1) is 0 Å². The van der Waals surface area contributed by atoms with Crippen molar-refractivity contribution in [2.75, 3.05) is 26.4 Å². The Kier molecular flexibility index (Phi) is 8.56. The van der Waals surface area contributed by atoms with Crippen LogP contribution in [-0.4, -0.2) is 54.6 Å². The molecule has 0 radical (unpaired) electrons. The molecule has 0 bridgehead atoms. The van der Waals surface area contributed by atoms with E-state index in [-0.39, 0.29) is 16.6 Å². The maximum atomic E-state index is 12.5. The zero-order valence-corrected chi connectivity index (χ0v) is 21.3. The maximum Gasteiger partial charge on any atom is 0.242 e. The third-order valence-electron chi connectivity index (χ3n) is 5.51. The second-order valence-electron chi connectivity index (χ2n) is 8.15. The number of sulfonamides is 1. The first-order valence-electron chi connectivity index (χ1n) is 11.1. The van der Waals surface area contributed by atoms with E-state index in [4.69, 9.17) is 0 Å². The fraction of sp³-hybridized carbons (Fsp3) is 0.417. The highest BCUT2D eigenvalue weighted by Gasteiger charge is 2.20. The van der Waals surface area contributed by atoms with Crippen molar-refractivity contribution < 1.29 is 13.2 Å². The quantitative estimate of drug-likeness (QED) is 0.415. The van der Waals surface area contributed by atoms with Gasteiger partial charge < -0.3 is 9.88 Å². The fourth-order valence-corrected chi connectivity index (χ4v) is 5.30. The van der Waals surface area contributed by atoms with E-state index in [2.05, 4.69) is 40.8 Å². The van der Waals surface area contributed by atoms with Crippen molar-refractivity contribution in [3.63, 3.8) is 0 Å². The van der Waals surface area contributed by atoms with Crippen molar-refractivity contribution in [2.24, 2.45) is 0 Å². The van der Waals surface area contributed by atoms with Crippen LogP contribution in [0.1, 0.15) is 30.9 Å². The van der Waals surface area contributed by atoms with Crippen LogP contribution >= 0.6 is 11.8 Å². The van der Waals surface area contributed by atoms with Crippen LogP contribution in [0.2, 0.25) is 0 Å². The maximum absolute atomic E-state index is 12.5. The molecule has 1 amide bonds. The van der Waals surface area contributed by atoms with E-state index in [1.807, 2.05) is 12.1 Å². The van der Waals surface area contributed by atoms with Crippen molar-refractivity contribution in [1.29, 1.82) is 0 Å². The molecule has 0 unspecified atom stereocenters. The third-order valence-corrected chi connectivity index (χ3v) is 8.30. The number of unbranched alkanes of at least 4 members (excludes halogenated alkanes) is 1. The molecular formula is C24H32N4O3S2. The van der Waals surface area contributed by atoms with Gasteiger partial charge in [-0.1, -0.05) is 49.4 Å². The molecule has 1 heterocycles. The van der Waals surface area contributed by atoms with Gasteiger partial charge in [0.05, 0.1) is 21.7 Å². The number of aryl methyl sites for hydroxylation is 2. The molecule has 3 rings (SSSR count). The molecule has 3 aromatic rings. The summed E-state index contributed by atoms with van der Waals surface area (Å²) in [6.07, 6.45) is 2.79. The SMILES string of the molecule is CCCCn1c(SCC(=O)NCCc2ccccc2C)nc2cc(S(=O)(=O)N(C)C)ccc21. The van der Waals surface area contributed by atoms with Crippen molar-refractivity contribution in [3.8, 4) is 0 Å². The molecule has 1 N–H and O–H groups in total. The van der Waals surface area contributed by atoms with Gasteiger partial charge >= 0.3 is 0 Å². The van der Waals surface area contributed by atoms with Crippen LogP contribution in [0.4, 0.5) is 0 Å². The van der Waals surface area contributed by atoms with Crippen LogP contribution in [-0.2, 0) is 27.8 Å². The number of nitrogens with zero attached hydrogens (tertiary/aromatic N) is 3. The lowest BCUT2D eigenvalue weighted by atomic mass is 10.1. The fourth-order valence-electron chi connectivity index (χ4n) is 3.51. The van der Waals surface area contributed by atoms with Gasteiger partial charge in [0.15, 0.2) is 5.16 Å². The topological polar surface area (TPSA) is 84.3 Å². The van der Waals surface area contributed by atoms with Gasteiger partial charge in [0.1, 0.15) is 0 Å². The van der Waals surface area contributed by atoms with Gasteiger partial charge in [-0.05, 0) is 49.1 Å². The molecule has 9 heteroatoms. The van der Waals surface area contributed by atoms with E-state index in [9.17, 15) is 13.2 Å². The average Bonchev–Trinajstić information content (AvgIpc) is 3.14. The number of carbonyl (C=O) groups is 1. The summed E-state index contributed by atoms with van der Waals surface area (Å²) in [5, 5.41) is 3.71. The number of amides is 1. The zero-order valence-electron chi connectivity index (χ0n) is 19.7. The molecule has 0 saturated carbocycles. The van der Waals surface area contributed by atoms with Crippen LogP contribution in [0.15, 0.2) is 52.5 Å². The summed E-state index contributed by atoms with van der Waals surface area (Å²) >= 11 is 1.38. The van der Waals surface area contributed by atoms with E-state index >= 15 is 0 Å². The Morgan fingerprint density at radius 2 is 1.94 bits per heavy atom. The monoisotopic (exact) mass is 488 g/mol. The van der Waals surface area contributed by atoms with Gasteiger partial charge in [0.25, 0.3) is 0 Å². The molecule has 7 nitrogen and oxygen atoms in total. The second-order valence-corrected chi connectivity index (χ2v) is 11.2. The first-order chi connectivity index (χ1) is 15.7. The third kappa shape index (κ3) is 6.16. The smallest absolute Gasteiger partial charge is 0.242 e. The Balaban J connectivity index is 1.71. The Hall–Kier alpha value is -2.36. The van der Waals surface area contributed by atoms with Crippen LogP contribution in [0.25, 0.3) is 11.0 Å². The number of hydrogen-bond donors (Lipinski definition) is 1. The molecule has 0 saturated heterocycles. The summed E-state index contributed by atoms with van der Waals surface area (Å²) in [5.74, 6) is 0.213. The number of hydrogen-bond acceptors (Lipinski definition) is 5. The molecule has 1 aromatic heterocycles. The highest BCUT2D eigenvalue weighted by atomic mass is 32.2. The van der Waals surface area contributed by atoms with E-state index in [0.29, 0.717) is 12.1 Å². The van der Waals surface area contributed by atoms with E-state index in [1.54, 1.807) is 18.2 Å². The van der Waals surface area contributed by atoms with Crippen LogP contribution in [0.5, 0.6) is 0 Å². The molecule has 0 atom stereocenters. The number of thioether (sulfide) groups is 1.